The van der Waals surface area contributed by atoms with Gasteiger partial charge in [-0.25, -0.2) is 0 Å². The minimum Gasteiger partial charge on any atom is -0.464 e. The SMILES string of the molecule is C=CCNC(=O)C1=Cc2cc(Br)ccc2OC=C1. The number of halogens is 1. The van der Waals surface area contributed by atoms with E-state index in [1.54, 1.807) is 18.2 Å². The number of carbonyl (C=O) groups excluding carboxylic acids is 1. The molecule has 1 amide bonds. The van der Waals surface area contributed by atoms with Gasteiger partial charge in [0.25, 0.3) is 5.91 Å². The van der Waals surface area contributed by atoms with Gasteiger partial charge < -0.3 is 10.1 Å². The lowest BCUT2D eigenvalue weighted by Crippen LogP contribution is -2.24. The number of benzene rings is 1. The number of ether oxygens (including phenoxy) is 1. The van der Waals surface area contributed by atoms with E-state index in [4.69, 9.17) is 4.74 Å². The molecule has 4 heteroatoms. The minimum atomic E-state index is -0.150. The number of nitrogens with one attached hydrogen (secondary N) is 1. The van der Waals surface area contributed by atoms with Crippen LogP contribution in [0.1, 0.15) is 5.56 Å². The Morgan fingerprint density at radius 3 is 3.11 bits per heavy atom. The third kappa shape index (κ3) is 2.90. The van der Waals surface area contributed by atoms with Crippen molar-refractivity contribution in [2.75, 3.05) is 6.54 Å². The van der Waals surface area contributed by atoms with Crippen LogP contribution in [0.4, 0.5) is 0 Å². The molecule has 2 rings (SSSR count). The van der Waals surface area contributed by atoms with E-state index in [9.17, 15) is 4.79 Å². The van der Waals surface area contributed by atoms with Crippen LogP contribution >= 0.6 is 15.9 Å². The monoisotopic (exact) mass is 305 g/mol. The van der Waals surface area contributed by atoms with Gasteiger partial charge >= 0.3 is 0 Å². The van der Waals surface area contributed by atoms with E-state index in [1.165, 1.54) is 6.26 Å². The summed E-state index contributed by atoms with van der Waals surface area (Å²) in [6.07, 6.45) is 6.59. The van der Waals surface area contributed by atoms with Gasteiger partial charge in [-0.05, 0) is 30.4 Å². The molecule has 18 heavy (non-hydrogen) atoms. The Morgan fingerprint density at radius 2 is 2.33 bits per heavy atom. The Labute approximate surface area is 114 Å². The van der Waals surface area contributed by atoms with E-state index in [0.29, 0.717) is 12.1 Å². The van der Waals surface area contributed by atoms with Crippen molar-refractivity contribution in [2.24, 2.45) is 0 Å². The highest BCUT2D eigenvalue weighted by molar-refractivity contribution is 9.10. The highest BCUT2D eigenvalue weighted by Crippen LogP contribution is 2.27. The van der Waals surface area contributed by atoms with Crippen molar-refractivity contribution in [1.82, 2.24) is 5.32 Å². The molecular formula is C14H12BrNO2. The number of rotatable bonds is 3. The van der Waals surface area contributed by atoms with Gasteiger partial charge in [0.1, 0.15) is 5.75 Å². The van der Waals surface area contributed by atoms with Crippen LogP contribution in [0.15, 0.2) is 53.2 Å². The fourth-order valence-corrected chi connectivity index (χ4v) is 1.92. The number of hydrogen-bond donors (Lipinski definition) is 1. The van der Waals surface area contributed by atoms with E-state index in [1.807, 2.05) is 18.2 Å². The maximum absolute atomic E-state index is 11.9. The van der Waals surface area contributed by atoms with Crippen LogP contribution in [0.25, 0.3) is 6.08 Å². The summed E-state index contributed by atoms with van der Waals surface area (Å²) in [5, 5.41) is 2.73. The van der Waals surface area contributed by atoms with Crippen molar-refractivity contribution in [3.05, 3.63) is 58.8 Å². The molecule has 1 aliphatic rings. The Bertz CT molecular complexity index is 547. The second-order valence-corrected chi connectivity index (χ2v) is 4.62. The molecule has 0 saturated heterocycles. The Hall–Kier alpha value is -1.81. The predicted octanol–water partition coefficient (Wildman–Crippen LogP) is 3.04. The Morgan fingerprint density at radius 1 is 1.50 bits per heavy atom. The molecule has 1 aromatic rings. The molecule has 1 heterocycles. The quantitative estimate of drug-likeness (QED) is 0.872. The van der Waals surface area contributed by atoms with Crippen molar-refractivity contribution in [2.45, 2.75) is 0 Å². The summed E-state index contributed by atoms with van der Waals surface area (Å²) < 4.78 is 6.37. The molecule has 0 atom stereocenters. The molecule has 0 aliphatic carbocycles. The van der Waals surface area contributed by atoms with Crippen LogP contribution < -0.4 is 10.1 Å². The van der Waals surface area contributed by atoms with Gasteiger partial charge in [0.2, 0.25) is 0 Å². The molecule has 3 nitrogen and oxygen atoms in total. The smallest absolute Gasteiger partial charge is 0.251 e. The molecule has 92 valence electrons. The summed E-state index contributed by atoms with van der Waals surface area (Å²) in [4.78, 5) is 11.9. The lowest BCUT2D eigenvalue weighted by Gasteiger charge is -2.04. The van der Waals surface area contributed by atoms with Gasteiger partial charge in [0.15, 0.2) is 0 Å². The Kier molecular flexibility index (Phi) is 3.99. The van der Waals surface area contributed by atoms with Crippen LogP contribution in [0, 0.1) is 0 Å². The first-order valence-electron chi connectivity index (χ1n) is 5.44. The zero-order valence-electron chi connectivity index (χ0n) is 9.65. The van der Waals surface area contributed by atoms with E-state index in [0.717, 1.165) is 15.8 Å². The third-order valence-corrected chi connectivity index (χ3v) is 2.89. The van der Waals surface area contributed by atoms with Crippen LogP contribution in [0.3, 0.4) is 0 Å². The normalized spacial score (nSPS) is 12.8. The highest BCUT2D eigenvalue weighted by atomic mass is 79.9. The van der Waals surface area contributed by atoms with E-state index < -0.39 is 0 Å². The molecule has 1 N–H and O–H groups in total. The van der Waals surface area contributed by atoms with Gasteiger partial charge in [-0.1, -0.05) is 22.0 Å². The maximum atomic E-state index is 11.9. The van der Waals surface area contributed by atoms with Crippen LogP contribution in [-0.2, 0) is 4.79 Å². The fourth-order valence-electron chi connectivity index (χ4n) is 1.54. The number of amides is 1. The first kappa shape index (κ1) is 12.6. The summed E-state index contributed by atoms with van der Waals surface area (Å²) in [5.41, 5.74) is 1.41. The second-order valence-electron chi connectivity index (χ2n) is 3.70. The molecule has 0 aromatic heterocycles. The van der Waals surface area contributed by atoms with Crippen LogP contribution in [-0.4, -0.2) is 12.5 Å². The molecular weight excluding hydrogens is 294 g/mol. The van der Waals surface area contributed by atoms with Gasteiger partial charge in [-0.2, -0.15) is 0 Å². The van der Waals surface area contributed by atoms with Crippen molar-refractivity contribution in [3.63, 3.8) is 0 Å². The molecule has 1 aromatic carbocycles. The predicted molar refractivity (Wildman–Crippen MR) is 75.1 cm³/mol. The molecule has 0 saturated carbocycles. The standard InChI is InChI=1S/C14H12BrNO2/c1-2-6-16-14(17)10-5-7-18-13-4-3-12(15)9-11(13)8-10/h2-5,7-9H,1,6H2,(H,16,17). The molecule has 0 unspecified atom stereocenters. The number of carbonyl (C=O) groups is 1. The minimum absolute atomic E-state index is 0.150. The van der Waals surface area contributed by atoms with Crippen LogP contribution in [0.2, 0.25) is 0 Å². The zero-order chi connectivity index (χ0) is 13.0. The molecule has 1 aliphatic heterocycles. The Balaban J connectivity index is 2.31. The van der Waals surface area contributed by atoms with Gasteiger partial charge in [0.05, 0.1) is 6.26 Å². The maximum Gasteiger partial charge on any atom is 0.251 e. The average molecular weight is 306 g/mol. The summed E-state index contributed by atoms with van der Waals surface area (Å²) in [6, 6.07) is 5.65. The summed E-state index contributed by atoms with van der Waals surface area (Å²) in [7, 11) is 0. The topological polar surface area (TPSA) is 38.3 Å². The van der Waals surface area contributed by atoms with Crippen LogP contribution in [0.5, 0.6) is 5.75 Å². The van der Waals surface area contributed by atoms with Gasteiger partial charge in [0, 0.05) is 22.2 Å². The average Bonchev–Trinajstić information content (AvgIpc) is 2.57. The van der Waals surface area contributed by atoms with Gasteiger partial charge in [-0.3, -0.25) is 4.79 Å². The highest BCUT2D eigenvalue weighted by Gasteiger charge is 2.11. The van der Waals surface area contributed by atoms with Crippen molar-refractivity contribution < 1.29 is 9.53 Å². The number of fused-ring (bicyclic) bond motifs is 1. The lowest BCUT2D eigenvalue weighted by molar-refractivity contribution is -0.116. The van der Waals surface area contributed by atoms with E-state index >= 15 is 0 Å². The van der Waals surface area contributed by atoms with Crippen molar-refractivity contribution in [3.8, 4) is 5.75 Å². The van der Waals surface area contributed by atoms with E-state index in [2.05, 4.69) is 27.8 Å². The van der Waals surface area contributed by atoms with Gasteiger partial charge in [-0.15, -0.1) is 6.58 Å². The first-order chi connectivity index (χ1) is 8.70. The van der Waals surface area contributed by atoms with Crippen molar-refractivity contribution >= 4 is 27.9 Å². The second kappa shape index (κ2) is 5.69. The van der Waals surface area contributed by atoms with E-state index in [-0.39, 0.29) is 5.91 Å². The first-order valence-corrected chi connectivity index (χ1v) is 6.23. The largest absolute Gasteiger partial charge is 0.464 e. The fraction of sp³-hybridized carbons (Fsp3) is 0.0714. The molecule has 0 spiro atoms. The molecule has 0 fully saturated rings. The zero-order valence-corrected chi connectivity index (χ0v) is 11.2. The lowest BCUT2D eigenvalue weighted by atomic mass is 10.1. The molecule has 0 bridgehead atoms. The molecule has 0 radical (unpaired) electrons. The summed E-state index contributed by atoms with van der Waals surface area (Å²) in [5.74, 6) is 0.573. The summed E-state index contributed by atoms with van der Waals surface area (Å²) in [6.45, 7) is 4.00. The number of hydrogen-bond acceptors (Lipinski definition) is 2. The van der Waals surface area contributed by atoms with Crippen molar-refractivity contribution in [1.29, 1.82) is 0 Å². The summed E-state index contributed by atoms with van der Waals surface area (Å²) >= 11 is 3.40. The third-order valence-electron chi connectivity index (χ3n) is 2.39.